The number of ether oxygens (including phenoxy) is 1. The van der Waals surface area contributed by atoms with Crippen LogP contribution in [0, 0.1) is 46.3 Å². The fourth-order valence-corrected chi connectivity index (χ4v) is 8.29. The molecule has 7 atom stereocenters. The van der Waals surface area contributed by atoms with Crippen LogP contribution in [0.4, 0.5) is 0 Å². The molecular formula is C28H44O2. The van der Waals surface area contributed by atoms with Crippen LogP contribution in [0.3, 0.4) is 0 Å². The molecule has 0 unspecified atom stereocenters. The number of hydrogen-bond donors (Lipinski definition) is 0. The molecule has 4 aliphatic rings. The van der Waals surface area contributed by atoms with Crippen molar-refractivity contribution in [3.05, 3.63) is 23.5 Å². The maximum atomic E-state index is 12.2. The van der Waals surface area contributed by atoms with Crippen molar-refractivity contribution < 1.29 is 9.53 Å². The van der Waals surface area contributed by atoms with Gasteiger partial charge in [0.25, 0.3) is 0 Å². The van der Waals surface area contributed by atoms with Crippen molar-refractivity contribution in [1.29, 1.82) is 0 Å². The van der Waals surface area contributed by atoms with E-state index in [2.05, 4.69) is 40.7 Å². The summed E-state index contributed by atoms with van der Waals surface area (Å²) in [6.45, 7) is 12.3. The van der Waals surface area contributed by atoms with Crippen molar-refractivity contribution in [1.82, 2.24) is 0 Å². The number of fused-ring (bicyclic) bond motifs is 5. The van der Waals surface area contributed by atoms with Crippen LogP contribution < -0.4 is 0 Å². The number of ketones is 1. The van der Waals surface area contributed by atoms with Gasteiger partial charge in [0.2, 0.25) is 0 Å². The fraction of sp³-hybridized carbons (Fsp3) is 0.821. The summed E-state index contributed by atoms with van der Waals surface area (Å²) in [7, 11) is 1.79. The molecule has 0 aromatic carbocycles. The highest BCUT2D eigenvalue weighted by molar-refractivity contribution is 5.92. The third-order valence-corrected chi connectivity index (χ3v) is 9.99. The lowest BCUT2D eigenvalue weighted by molar-refractivity contribution is -0.116. The predicted molar refractivity (Wildman–Crippen MR) is 124 cm³/mol. The molecule has 0 aromatic rings. The average molecular weight is 413 g/mol. The minimum Gasteiger partial charge on any atom is -0.497 e. The van der Waals surface area contributed by atoms with E-state index in [-0.39, 0.29) is 11.2 Å². The van der Waals surface area contributed by atoms with Gasteiger partial charge in [-0.3, -0.25) is 4.79 Å². The summed E-state index contributed by atoms with van der Waals surface area (Å²) < 4.78 is 5.89. The second-order valence-electron chi connectivity index (χ2n) is 12.0. The van der Waals surface area contributed by atoms with Gasteiger partial charge in [-0.1, -0.05) is 53.9 Å². The predicted octanol–water partition coefficient (Wildman–Crippen LogP) is 7.35. The zero-order chi connectivity index (χ0) is 21.7. The van der Waals surface area contributed by atoms with E-state index in [0.29, 0.717) is 23.7 Å². The zero-order valence-corrected chi connectivity index (χ0v) is 20.3. The number of carbonyl (C=O) groups is 1. The molecular weight excluding hydrogens is 368 g/mol. The van der Waals surface area contributed by atoms with Gasteiger partial charge in [0.05, 0.1) is 7.11 Å². The molecule has 0 aliphatic heterocycles. The summed E-state index contributed by atoms with van der Waals surface area (Å²) in [6, 6.07) is 0. The van der Waals surface area contributed by atoms with Gasteiger partial charge in [0.15, 0.2) is 5.78 Å². The van der Waals surface area contributed by atoms with Crippen LogP contribution >= 0.6 is 0 Å². The number of allylic oxidation sites excluding steroid dienone is 3. The first-order chi connectivity index (χ1) is 14.2. The molecule has 4 aliphatic carbocycles. The van der Waals surface area contributed by atoms with Crippen LogP contribution in [0.2, 0.25) is 0 Å². The zero-order valence-electron chi connectivity index (χ0n) is 20.3. The van der Waals surface area contributed by atoms with Crippen LogP contribution in [0.1, 0.15) is 92.4 Å². The Morgan fingerprint density at radius 1 is 1.07 bits per heavy atom. The second kappa shape index (κ2) is 8.14. The van der Waals surface area contributed by atoms with Gasteiger partial charge in [-0.05, 0) is 85.2 Å². The fourth-order valence-electron chi connectivity index (χ4n) is 8.29. The minimum atomic E-state index is 0.112. The van der Waals surface area contributed by atoms with Gasteiger partial charge in [0.1, 0.15) is 5.76 Å². The van der Waals surface area contributed by atoms with Crippen molar-refractivity contribution in [3.8, 4) is 0 Å². The van der Waals surface area contributed by atoms with Crippen LogP contribution in [0.15, 0.2) is 23.5 Å². The number of rotatable bonds is 6. The highest BCUT2D eigenvalue weighted by Gasteiger charge is 2.59. The van der Waals surface area contributed by atoms with Gasteiger partial charge in [-0.15, -0.1) is 0 Å². The summed E-state index contributed by atoms with van der Waals surface area (Å²) in [5.74, 6) is 5.87. The van der Waals surface area contributed by atoms with E-state index >= 15 is 0 Å². The van der Waals surface area contributed by atoms with Crippen LogP contribution in [-0.2, 0) is 9.53 Å². The van der Waals surface area contributed by atoms with Gasteiger partial charge in [0, 0.05) is 17.4 Å². The molecule has 0 aromatic heterocycles. The molecule has 0 radical (unpaired) electrons. The molecule has 0 amide bonds. The first-order valence-corrected chi connectivity index (χ1v) is 12.7. The van der Waals surface area contributed by atoms with Gasteiger partial charge < -0.3 is 4.74 Å². The highest BCUT2D eigenvalue weighted by atomic mass is 16.5. The Morgan fingerprint density at radius 3 is 2.53 bits per heavy atom. The minimum absolute atomic E-state index is 0.112. The van der Waals surface area contributed by atoms with E-state index in [1.807, 2.05) is 6.08 Å². The maximum absolute atomic E-state index is 12.2. The molecule has 2 saturated carbocycles. The standard InChI is InChI=1S/C28H44O2/c1-18(2)8-7-9-19(3)22-10-11-23-21-17-26(30-6)25-16-20(29)12-14-28(25,5)24(21)13-15-27(22,23)4/h16-19,21-24H,7-15H2,1-6H3/t19-,21+,22-,23+,24+,27-,28-/m1/s1. The van der Waals surface area contributed by atoms with Crippen molar-refractivity contribution >= 4 is 5.78 Å². The first-order valence-electron chi connectivity index (χ1n) is 12.7. The van der Waals surface area contributed by atoms with Crippen molar-refractivity contribution in [2.45, 2.75) is 92.4 Å². The summed E-state index contributed by atoms with van der Waals surface area (Å²) in [5, 5.41) is 0. The Balaban J connectivity index is 1.59. The molecule has 2 fully saturated rings. The normalized spacial score (nSPS) is 41.5. The summed E-state index contributed by atoms with van der Waals surface area (Å²) >= 11 is 0. The molecule has 0 heterocycles. The Hall–Kier alpha value is -1.05. The molecule has 0 N–H and O–H groups in total. The second-order valence-corrected chi connectivity index (χ2v) is 12.0. The highest BCUT2D eigenvalue weighted by Crippen LogP contribution is 2.67. The maximum Gasteiger partial charge on any atom is 0.156 e. The Bertz CT molecular complexity index is 731. The lowest BCUT2D eigenvalue weighted by atomic mass is 9.48. The Labute approximate surface area is 184 Å². The van der Waals surface area contributed by atoms with Gasteiger partial charge in [-0.2, -0.15) is 0 Å². The molecule has 2 heteroatoms. The van der Waals surface area contributed by atoms with E-state index < -0.39 is 0 Å². The van der Waals surface area contributed by atoms with E-state index in [0.717, 1.165) is 35.9 Å². The smallest absolute Gasteiger partial charge is 0.156 e. The molecule has 4 rings (SSSR count). The first kappa shape index (κ1) is 22.2. The van der Waals surface area contributed by atoms with E-state index in [4.69, 9.17) is 4.74 Å². The summed E-state index contributed by atoms with van der Waals surface area (Å²) in [6.07, 6.45) is 15.7. The summed E-state index contributed by atoms with van der Waals surface area (Å²) in [4.78, 5) is 12.2. The van der Waals surface area contributed by atoms with Crippen molar-refractivity contribution in [2.75, 3.05) is 7.11 Å². The number of carbonyl (C=O) groups excluding carboxylic acids is 1. The van der Waals surface area contributed by atoms with Crippen LogP contribution in [0.5, 0.6) is 0 Å². The topological polar surface area (TPSA) is 26.3 Å². The van der Waals surface area contributed by atoms with Gasteiger partial charge in [-0.25, -0.2) is 0 Å². The Kier molecular flexibility index (Phi) is 6.01. The molecule has 30 heavy (non-hydrogen) atoms. The molecule has 0 saturated heterocycles. The molecule has 168 valence electrons. The van der Waals surface area contributed by atoms with E-state index in [1.54, 1.807) is 7.11 Å². The third kappa shape index (κ3) is 3.51. The number of hydrogen-bond acceptors (Lipinski definition) is 2. The number of methoxy groups -OCH3 is 1. The van der Waals surface area contributed by atoms with Crippen LogP contribution in [0.25, 0.3) is 0 Å². The van der Waals surface area contributed by atoms with Crippen LogP contribution in [-0.4, -0.2) is 12.9 Å². The monoisotopic (exact) mass is 412 g/mol. The van der Waals surface area contributed by atoms with Crippen molar-refractivity contribution in [3.63, 3.8) is 0 Å². The Morgan fingerprint density at radius 2 is 1.83 bits per heavy atom. The molecule has 2 nitrogen and oxygen atoms in total. The average Bonchev–Trinajstić information content (AvgIpc) is 3.05. The lowest BCUT2D eigenvalue weighted by Crippen LogP contribution is -2.50. The van der Waals surface area contributed by atoms with E-state index in [9.17, 15) is 4.79 Å². The van der Waals surface area contributed by atoms with Gasteiger partial charge >= 0.3 is 0 Å². The SMILES string of the molecule is COC1=C[C@H]2[C@@H]3CC[C@H]([C@H](C)CCCC(C)C)[C@@]3(C)CC[C@@H]2[C@@]2(C)CCC(=O)C=C12. The third-order valence-electron chi connectivity index (χ3n) is 9.99. The largest absolute Gasteiger partial charge is 0.497 e. The molecule has 0 bridgehead atoms. The summed E-state index contributed by atoms with van der Waals surface area (Å²) in [5.41, 5.74) is 1.78. The van der Waals surface area contributed by atoms with Crippen molar-refractivity contribution in [2.24, 2.45) is 46.3 Å². The quantitative estimate of drug-likeness (QED) is 0.456. The molecule has 0 spiro atoms. The van der Waals surface area contributed by atoms with E-state index in [1.165, 1.54) is 50.5 Å². The lowest BCUT2D eigenvalue weighted by Gasteiger charge is -2.57.